The van der Waals surface area contributed by atoms with Crippen molar-refractivity contribution in [2.45, 2.75) is 13.0 Å². The minimum absolute atomic E-state index is 0.367. The molecule has 0 radical (unpaired) electrons. The number of hydrogen-bond donors (Lipinski definition) is 1. The molecule has 3 heterocycles. The van der Waals surface area contributed by atoms with Crippen molar-refractivity contribution in [3.8, 4) is 28.3 Å². The molecule has 180 valence electrons. The summed E-state index contributed by atoms with van der Waals surface area (Å²) in [4.78, 5) is 25.6. The highest BCUT2D eigenvalue weighted by Crippen LogP contribution is 2.37. The average molecular weight is 486 g/mol. The number of fused-ring (bicyclic) bond motifs is 1. The van der Waals surface area contributed by atoms with E-state index in [1.807, 2.05) is 30.3 Å². The number of aromatic nitrogens is 5. The third-order valence-corrected chi connectivity index (χ3v) is 5.52. The molecule has 0 aliphatic carbocycles. The predicted molar refractivity (Wildman–Crippen MR) is 131 cm³/mol. The van der Waals surface area contributed by atoms with E-state index in [0.717, 1.165) is 5.56 Å². The van der Waals surface area contributed by atoms with Crippen LogP contribution >= 0.6 is 0 Å². The zero-order valence-electron chi connectivity index (χ0n) is 19.1. The summed E-state index contributed by atoms with van der Waals surface area (Å²) in [5.41, 5.74) is 3.64. The molecule has 1 N–H and O–H groups in total. The van der Waals surface area contributed by atoms with E-state index >= 15 is 0 Å². The molecule has 0 saturated carbocycles. The molecule has 0 bridgehead atoms. The second-order valence-corrected chi connectivity index (χ2v) is 7.86. The molecule has 0 aliphatic heterocycles. The Morgan fingerprint density at radius 2 is 1.92 bits per heavy atom. The van der Waals surface area contributed by atoms with Gasteiger partial charge in [-0.3, -0.25) is 14.5 Å². The lowest BCUT2D eigenvalue weighted by Crippen LogP contribution is -2.13. The highest BCUT2D eigenvalue weighted by Gasteiger charge is 2.20. The molecule has 2 aromatic carbocycles. The average Bonchev–Trinajstić information content (AvgIpc) is 3.31. The number of ether oxygens (including phenoxy) is 1. The molecule has 0 atom stereocenters. The fourth-order valence-corrected chi connectivity index (χ4v) is 3.90. The van der Waals surface area contributed by atoms with Gasteiger partial charge in [-0.15, -0.1) is 0 Å². The van der Waals surface area contributed by atoms with Gasteiger partial charge in [0, 0.05) is 41.2 Å². The van der Waals surface area contributed by atoms with Crippen LogP contribution in [0.3, 0.4) is 0 Å². The highest BCUT2D eigenvalue weighted by atomic mass is 19.3. The van der Waals surface area contributed by atoms with Crippen LogP contribution in [0, 0.1) is 0 Å². The van der Waals surface area contributed by atoms with Crippen molar-refractivity contribution in [2.75, 3.05) is 12.4 Å². The van der Waals surface area contributed by atoms with Gasteiger partial charge in [0.1, 0.15) is 24.3 Å². The standard InChI is InChI=1S/C26H20F2N6O2/c1-36-22-11-20-18(10-21(22)32-26(35)17-8-5-9-29-12-17)25(31-15-30-20)19-13-34(14-23(27)28)33-24(19)16-6-3-2-4-7-16/h2-13,15,23H,14H2,1H3,(H,32,35). The van der Waals surface area contributed by atoms with Crippen LogP contribution in [0.5, 0.6) is 5.75 Å². The Kier molecular flexibility index (Phi) is 6.31. The Labute approximate surface area is 204 Å². The lowest BCUT2D eigenvalue weighted by molar-refractivity contribution is 0.102. The quantitative estimate of drug-likeness (QED) is 0.345. The summed E-state index contributed by atoms with van der Waals surface area (Å²) in [5.74, 6) is 0.0370. The molecule has 8 nitrogen and oxygen atoms in total. The van der Waals surface area contributed by atoms with Gasteiger partial charge in [0.05, 0.1) is 29.6 Å². The zero-order valence-corrected chi connectivity index (χ0v) is 19.1. The number of halogens is 2. The number of anilines is 1. The summed E-state index contributed by atoms with van der Waals surface area (Å²) in [6.07, 6.45) is 3.41. The molecule has 10 heteroatoms. The van der Waals surface area contributed by atoms with Crippen molar-refractivity contribution in [2.24, 2.45) is 0 Å². The van der Waals surface area contributed by atoms with E-state index in [1.165, 1.54) is 24.3 Å². The van der Waals surface area contributed by atoms with Crippen LogP contribution in [-0.4, -0.2) is 44.2 Å². The van der Waals surface area contributed by atoms with E-state index in [4.69, 9.17) is 4.74 Å². The minimum Gasteiger partial charge on any atom is -0.494 e. The molecule has 0 aliphatic rings. The molecular weight excluding hydrogens is 466 g/mol. The first kappa shape index (κ1) is 23.0. The number of hydrogen-bond acceptors (Lipinski definition) is 6. The molecule has 36 heavy (non-hydrogen) atoms. The van der Waals surface area contributed by atoms with Gasteiger partial charge in [-0.05, 0) is 18.2 Å². The minimum atomic E-state index is -2.57. The van der Waals surface area contributed by atoms with E-state index < -0.39 is 13.0 Å². The largest absolute Gasteiger partial charge is 0.494 e. The van der Waals surface area contributed by atoms with Crippen LogP contribution in [0.1, 0.15) is 10.4 Å². The van der Waals surface area contributed by atoms with Gasteiger partial charge in [-0.2, -0.15) is 5.10 Å². The SMILES string of the molecule is COc1cc2ncnc(-c3cn(CC(F)F)nc3-c3ccccc3)c2cc1NC(=O)c1cccnc1. The summed E-state index contributed by atoms with van der Waals surface area (Å²) >= 11 is 0. The van der Waals surface area contributed by atoms with Crippen molar-refractivity contribution >= 4 is 22.5 Å². The summed E-state index contributed by atoms with van der Waals surface area (Å²) < 4.78 is 33.0. The molecule has 1 amide bonds. The molecule has 3 aromatic heterocycles. The molecule has 5 rings (SSSR count). The van der Waals surface area contributed by atoms with E-state index in [1.54, 1.807) is 36.7 Å². The lowest BCUT2D eigenvalue weighted by Gasteiger charge is -2.13. The lowest BCUT2D eigenvalue weighted by atomic mass is 10.0. The number of pyridine rings is 1. The second kappa shape index (κ2) is 9.87. The fraction of sp³-hybridized carbons (Fsp3) is 0.115. The van der Waals surface area contributed by atoms with Crippen molar-refractivity contribution in [1.82, 2.24) is 24.7 Å². The van der Waals surface area contributed by atoms with E-state index in [-0.39, 0.29) is 5.91 Å². The Morgan fingerprint density at radius 1 is 1.08 bits per heavy atom. The Hall–Kier alpha value is -4.73. The monoisotopic (exact) mass is 486 g/mol. The summed E-state index contributed by atoms with van der Waals surface area (Å²) in [7, 11) is 1.49. The van der Waals surface area contributed by atoms with Crippen molar-refractivity contribution < 1.29 is 18.3 Å². The van der Waals surface area contributed by atoms with Gasteiger partial charge < -0.3 is 10.1 Å². The summed E-state index contributed by atoms with van der Waals surface area (Å²) in [6.45, 7) is -0.552. The number of nitrogens with one attached hydrogen (secondary N) is 1. The first-order valence-corrected chi connectivity index (χ1v) is 11.0. The van der Waals surface area contributed by atoms with Gasteiger partial charge in [0.25, 0.3) is 12.3 Å². The first-order chi connectivity index (χ1) is 17.5. The second-order valence-electron chi connectivity index (χ2n) is 7.86. The third-order valence-electron chi connectivity index (χ3n) is 5.52. The van der Waals surface area contributed by atoms with Crippen molar-refractivity contribution in [1.29, 1.82) is 0 Å². The fourth-order valence-electron chi connectivity index (χ4n) is 3.90. The van der Waals surface area contributed by atoms with Crippen LogP contribution in [0.4, 0.5) is 14.5 Å². The number of carbonyl (C=O) groups is 1. The summed E-state index contributed by atoms with van der Waals surface area (Å²) in [5, 5.41) is 7.86. The molecule has 0 fully saturated rings. The number of alkyl halides is 2. The number of nitrogens with zero attached hydrogens (tertiary/aromatic N) is 5. The van der Waals surface area contributed by atoms with Gasteiger partial charge in [0.15, 0.2) is 0 Å². The first-order valence-electron chi connectivity index (χ1n) is 11.0. The Bertz CT molecular complexity index is 1520. The number of carbonyl (C=O) groups excluding carboxylic acids is 1. The molecule has 0 spiro atoms. The van der Waals surface area contributed by atoms with E-state index in [9.17, 15) is 13.6 Å². The van der Waals surface area contributed by atoms with Gasteiger partial charge >= 0.3 is 0 Å². The van der Waals surface area contributed by atoms with Gasteiger partial charge in [0.2, 0.25) is 0 Å². The summed E-state index contributed by atoms with van der Waals surface area (Å²) in [6, 6.07) is 16.0. The Balaban J connectivity index is 1.66. The van der Waals surface area contributed by atoms with Crippen molar-refractivity contribution in [3.63, 3.8) is 0 Å². The molecule has 5 aromatic rings. The number of benzene rings is 2. The topological polar surface area (TPSA) is 94.8 Å². The zero-order chi connectivity index (χ0) is 25.1. The smallest absolute Gasteiger partial charge is 0.257 e. The molecule has 0 unspecified atom stereocenters. The van der Waals surface area contributed by atoms with Crippen LogP contribution in [0.25, 0.3) is 33.4 Å². The Morgan fingerprint density at radius 3 is 2.64 bits per heavy atom. The van der Waals surface area contributed by atoms with E-state index in [0.29, 0.717) is 44.9 Å². The van der Waals surface area contributed by atoms with E-state index in [2.05, 4.69) is 25.4 Å². The number of rotatable bonds is 7. The molecule has 0 saturated heterocycles. The number of amides is 1. The third kappa shape index (κ3) is 4.61. The van der Waals surface area contributed by atoms with Crippen LogP contribution < -0.4 is 10.1 Å². The van der Waals surface area contributed by atoms with Crippen molar-refractivity contribution in [3.05, 3.63) is 85.1 Å². The maximum absolute atomic E-state index is 13.2. The maximum Gasteiger partial charge on any atom is 0.257 e. The number of methoxy groups -OCH3 is 1. The normalized spacial score (nSPS) is 11.1. The van der Waals surface area contributed by atoms with Gasteiger partial charge in [-0.25, -0.2) is 18.7 Å². The van der Waals surface area contributed by atoms with Crippen LogP contribution in [0.15, 0.2) is 79.5 Å². The predicted octanol–water partition coefficient (Wildman–Crippen LogP) is 5.08. The van der Waals surface area contributed by atoms with Crippen LogP contribution in [-0.2, 0) is 6.54 Å². The molecular formula is C26H20F2N6O2. The van der Waals surface area contributed by atoms with Crippen LogP contribution in [0.2, 0.25) is 0 Å². The van der Waals surface area contributed by atoms with Gasteiger partial charge in [-0.1, -0.05) is 30.3 Å². The maximum atomic E-state index is 13.2. The highest BCUT2D eigenvalue weighted by molar-refractivity contribution is 6.07.